The Bertz CT molecular complexity index is 254. The van der Waals surface area contributed by atoms with Crippen LogP contribution in [-0.2, 0) is 9.53 Å². The maximum absolute atomic E-state index is 10.8. The van der Waals surface area contributed by atoms with Crippen LogP contribution in [0.2, 0.25) is 0 Å². The summed E-state index contributed by atoms with van der Waals surface area (Å²) in [5.41, 5.74) is 0. The molecule has 0 aromatic heterocycles. The molecule has 1 unspecified atom stereocenters. The number of hydrogen-bond acceptors (Lipinski definition) is 4. The fraction of sp³-hybridized carbons (Fsp3) is 0.917. The molecule has 0 spiro atoms. The molecule has 0 aromatic rings. The molecular formula is C12H22N2O3. The number of morpholine rings is 1. The van der Waals surface area contributed by atoms with Gasteiger partial charge in [0.2, 0.25) is 0 Å². The molecule has 0 bridgehead atoms. The van der Waals surface area contributed by atoms with Gasteiger partial charge in [-0.2, -0.15) is 0 Å². The van der Waals surface area contributed by atoms with Crippen LogP contribution in [0, 0.1) is 0 Å². The predicted molar refractivity (Wildman–Crippen MR) is 64.1 cm³/mol. The Kier molecular flexibility index (Phi) is 4.76. The minimum absolute atomic E-state index is 0.537. The standard InChI is InChI=1S/C12H22N2O3/c15-12(16)11-10-14(8-9-17-11)7-3-6-13-4-1-2-5-13/h11H,1-10H2,(H,15,16). The normalized spacial score (nSPS) is 27.4. The Labute approximate surface area is 102 Å². The van der Waals surface area contributed by atoms with Crippen molar-refractivity contribution in [3.8, 4) is 0 Å². The van der Waals surface area contributed by atoms with Gasteiger partial charge in [0.15, 0.2) is 6.10 Å². The third-order valence-corrected chi connectivity index (χ3v) is 3.57. The number of rotatable bonds is 5. The topological polar surface area (TPSA) is 53.0 Å². The lowest BCUT2D eigenvalue weighted by Crippen LogP contribution is -2.46. The van der Waals surface area contributed by atoms with Crippen molar-refractivity contribution >= 4 is 5.97 Å². The number of carbonyl (C=O) groups is 1. The molecule has 1 N–H and O–H groups in total. The van der Waals surface area contributed by atoms with Gasteiger partial charge in [0.1, 0.15) is 0 Å². The largest absolute Gasteiger partial charge is 0.479 e. The number of carboxylic acids is 1. The van der Waals surface area contributed by atoms with E-state index in [0.717, 1.165) is 26.1 Å². The van der Waals surface area contributed by atoms with Crippen molar-refractivity contribution in [3.05, 3.63) is 0 Å². The summed E-state index contributed by atoms with van der Waals surface area (Å²) in [7, 11) is 0. The minimum atomic E-state index is -0.839. The first-order valence-electron chi connectivity index (χ1n) is 6.55. The number of likely N-dealkylation sites (tertiary alicyclic amines) is 1. The molecule has 5 nitrogen and oxygen atoms in total. The molecule has 2 saturated heterocycles. The Hall–Kier alpha value is -0.650. The molecule has 0 aromatic carbocycles. The van der Waals surface area contributed by atoms with Crippen LogP contribution in [0.15, 0.2) is 0 Å². The quantitative estimate of drug-likeness (QED) is 0.749. The number of aliphatic carboxylic acids is 1. The Morgan fingerprint density at radius 1 is 1.18 bits per heavy atom. The lowest BCUT2D eigenvalue weighted by molar-refractivity contribution is -0.156. The van der Waals surface area contributed by atoms with Crippen molar-refractivity contribution in [3.63, 3.8) is 0 Å². The van der Waals surface area contributed by atoms with Crippen molar-refractivity contribution < 1.29 is 14.6 Å². The Morgan fingerprint density at radius 2 is 1.88 bits per heavy atom. The van der Waals surface area contributed by atoms with Gasteiger partial charge in [0, 0.05) is 13.1 Å². The minimum Gasteiger partial charge on any atom is -0.479 e. The third kappa shape index (κ3) is 3.94. The molecule has 2 heterocycles. The second-order valence-corrected chi connectivity index (χ2v) is 4.90. The molecule has 0 saturated carbocycles. The van der Waals surface area contributed by atoms with E-state index in [-0.39, 0.29) is 0 Å². The summed E-state index contributed by atoms with van der Waals surface area (Å²) in [5.74, 6) is -0.839. The van der Waals surface area contributed by atoms with Crippen LogP contribution in [0.1, 0.15) is 19.3 Å². The number of nitrogens with zero attached hydrogens (tertiary/aromatic N) is 2. The molecule has 2 rings (SSSR count). The van der Waals surface area contributed by atoms with Crippen LogP contribution in [0.25, 0.3) is 0 Å². The first-order valence-corrected chi connectivity index (χ1v) is 6.55. The molecular weight excluding hydrogens is 220 g/mol. The second-order valence-electron chi connectivity index (χ2n) is 4.90. The second kappa shape index (κ2) is 6.33. The van der Waals surface area contributed by atoms with E-state index in [9.17, 15) is 4.79 Å². The van der Waals surface area contributed by atoms with Crippen LogP contribution >= 0.6 is 0 Å². The fourth-order valence-electron chi connectivity index (χ4n) is 2.58. The van der Waals surface area contributed by atoms with Gasteiger partial charge in [-0.3, -0.25) is 4.90 Å². The Morgan fingerprint density at radius 3 is 2.59 bits per heavy atom. The molecule has 2 aliphatic rings. The Balaban J connectivity index is 1.62. The maximum atomic E-state index is 10.8. The first kappa shape index (κ1) is 12.8. The summed E-state index contributed by atoms with van der Waals surface area (Å²) < 4.78 is 5.20. The van der Waals surface area contributed by atoms with E-state index >= 15 is 0 Å². The van der Waals surface area contributed by atoms with E-state index in [2.05, 4.69) is 9.80 Å². The molecule has 2 fully saturated rings. The lowest BCUT2D eigenvalue weighted by Gasteiger charge is -2.31. The molecule has 98 valence electrons. The van der Waals surface area contributed by atoms with E-state index in [1.54, 1.807) is 0 Å². The van der Waals surface area contributed by atoms with Gasteiger partial charge in [-0.1, -0.05) is 0 Å². The van der Waals surface area contributed by atoms with Gasteiger partial charge in [-0.05, 0) is 45.4 Å². The predicted octanol–water partition coefficient (Wildman–Crippen LogP) is 0.258. The highest BCUT2D eigenvalue weighted by molar-refractivity contribution is 5.72. The zero-order valence-electron chi connectivity index (χ0n) is 10.3. The zero-order valence-corrected chi connectivity index (χ0v) is 10.3. The summed E-state index contributed by atoms with van der Waals surface area (Å²) in [6.07, 6.45) is 3.17. The van der Waals surface area contributed by atoms with Crippen LogP contribution in [0.4, 0.5) is 0 Å². The molecule has 2 aliphatic heterocycles. The van der Waals surface area contributed by atoms with Crippen LogP contribution in [0.3, 0.4) is 0 Å². The van der Waals surface area contributed by atoms with E-state index in [1.165, 1.54) is 25.9 Å². The lowest BCUT2D eigenvalue weighted by atomic mass is 10.2. The van der Waals surface area contributed by atoms with Crippen molar-refractivity contribution in [1.82, 2.24) is 9.80 Å². The zero-order chi connectivity index (χ0) is 12.1. The molecule has 1 atom stereocenters. The van der Waals surface area contributed by atoms with E-state index in [4.69, 9.17) is 9.84 Å². The molecule has 0 amide bonds. The molecule has 17 heavy (non-hydrogen) atoms. The van der Waals surface area contributed by atoms with Crippen molar-refractivity contribution in [1.29, 1.82) is 0 Å². The van der Waals surface area contributed by atoms with E-state index < -0.39 is 12.1 Å². The van der Waals surface area contributed by atoms with Gasteiger partial charge >= 0.3 is 5.97 Å². The van der Waals surface area contributed by atoms with Gasteiger partial charge in [0.05, 0.1) is 6.61 Å². The summed E-state index contributed by atoms with van der Waals surface area (Å²) in [6, 6.07) is 0. The van der Waals surface area contributed by atoms with Crippen molar-refractivity contribution in [2.75, 3.05) is 45.9 Å². The smallest absolute Gasteiger partial charge is 0.334 e. The molecule has 5 heteroatoms. The summed E-state index contributed by atoms with van der Waals surface area (Å²) in [6.45, 7) is 6.56. The fourth-order valence-corrected chi connectivity index (χ4v) is 2.58. The van der Waals surface area contributed by atoms with Crippen molar-refractivity contribution in [2.45, 2.75) is 25.4 Å². The van der Waals surface area contributed by atoms with E-state index in [1.807, 2.05) is 0 Å². The average Bonchev–Trinajstić information content (AvgIpc) is 2.82. The van der Waals surface area contributed by atoms with Crippen LogP contribution in [0.5, 0.6) is 0 Å². The maximum Gasteiger partial charge on any atom is 0.334 e. The van der Waals surface area contributed by atoms with Crippen LogP contribution < -0.4 is 0 Å². The van der Waals surface area contributed by atoms with Gasteiger partial charge in [-0.25, -0.2) is 4.79 Å². The summed E-state index contributed by atoms with van der Waals surface area (Å²) in [5, 5.41) is 8.89. The summed E-state index contributed by atoms with van der Waals surface area (Å²) >= 11 is 0. The summed E-state index contributed by atoms with van der Waals surface area (Å²) in [4.78, 5) is 15.5. The third-order valence-electron chi connectivity index (χ3n) is 3.57. The first-order chi connectivity index (χ1) is 8.25. The number of ether oxygens (including phenoxy) is 1. The SMILES string of the molecule is O=C(O)C1CN(CCCN2CCCC2)CCO1. The monoisotopic (exact) mass is 242 g/mol. The molecule has 0 aliphatic carbocycles. The highest BCUT2D eigenvalue weighted by Crippen LogP contribution is 2.09. The van der Waals surface area contributed by atoms with Gasteiger partial charge in [-0.15, -0.1) is 0 Å². The van der Waals surface area contributed by atoms with E-state index in [0.29, 0.717) is 13.2 Å². The average molecular weight is 242 g/mol. The highest BCUT2D eigenvalue weighted by Gasteiger charge is 2.25. The van der Waals surface area contributed by atoms with Gasteiger partial charge < -0.3 is 14.7 Å². The van der Waals surface area contributed by atoms with Gasteiger partial charge in [0.25, 0.3) is 0 Å². The van der Waals surface area contributed by atoms with Crippen LogP contribution in [-0.4, -0.2) is 72.9 Å². The highest BCUT2D eigenvalue weighted by atomic mass is 16.5. The molecule has 0 radical (unpaired) electrons. The number of hydrogen-bond donors (Lipinski definition) is 1. The van der Waals surface area contributed by atoms with Crippen molar-refractivity contribution in [2.24, 2.45) is 0 Å². The number of carboxylic acid groups (broad SMARTS) is 1.